The maximum absolute atomic E-state index is 11.9. The van der Waals surface area contributed by atoms with Gasteiger partial charge >= 0.3 is 5.97 Å². The van der Waals surface area contributed by atoms with Crippen molar-refractivity contribution < 1.29 is 23.9 Å². The molecule has 0 aromatic heterocycles. The zero-order valence-electron chi connectivity index (χ0n) is 13.7. The fourth-order valence-electron chi connectivity index (χ4n) is 1.66. The van der Waals surface area contributed by atoms with E-state index in [-0.39, 0.29) is 25.4 Å². The van der Waals surface area contributed by atoms with Crippen LogP contribution in [0, 0.1) is 0 Å². The highest BCUT2D eigenvalue weighted by Crippen LogP contribution is 2.09. The quantitative estimate of drug-likeness (QED) is 0.511. The lowest BCUT2D eigenvalue weighted by Gasteiger charge is -2.08. The van der Waals surface area contributed by atoms with Crippen LogP contribution in [0.15, 0.2) is 24.3 Å². The average molecular weight is 335 g/mol. The van der Waals surface area contributed by atoms with Crippen LogP contribution in [0.1, 0.15) is 43.5 Å². The molecule has 0 aliphatic rings. The summed E-state index contributed by atoms with van der Waals surface area (Å²) in [5, 5.41) is 2.66. The number of benzene rings is 1. The average Bonchev–Trinajstić information content (AvgIpc) is 2.58. The van der Waals surface area contributed by atoms with Crippen molar-refractivity contribution in [2.75, 3.05) is 11.9 Å². The van der Waals surface area contributed by atoms with Gasteiger partial charge in [-0.05, 0) is 31.2 Å². The van der Waals surface area contributed by atoms with Gasteiger partial charge in [-0.15, -0.1) is 0 Å². The highest BCUT2D eigenvalue weighted by Gasteiger charge is 2.10. The first kappa shape index (κ1) is 19.1. The van der Waals surface area contributed by atoms with Gasteiger partial charge in [-0.3, -0.25) is 30.0 Å². The lowest BCUT2D eigenvalue weighted by atomic mass is 10.2. The van der Waals surface area contributed by atoms with Crippen LogP contribution in [0.5, 0.6) is 0 Å². The molecule has 0 aliphatic heterocycles. The molecule has 1 aromatic carbocycles. The Hall–Kier alpha value is -2.90. The Labute approximate surface area is 139 Å². The smallest absolute Gasteiger partial charge is 0.306 e. The van der Waals surface area contributed by atoms with Crippen LogP contribution in [-0.4, -0.2) is 30.3 Å². The maximum Gasteiger partial charge on any atom is 0.306 e. The van der Waals surface area contributed by atoms with E-state index in [0.29, 0.717) is 17.7 Å². The predicted octanol–water partition coefficient (Wildman–Crippen LogP) is 1.14. The maximum atomic E-state index is 11.9. The zero-order chi connectivity index (χ0) is 17.9. The summed E-state index contributed by atoms with van der Waals surface area (Å²) in [5.41, 5.74) is 5.36. The number of ether oxygens (including phenoxy) is 1. The Kier molecular flexibility index (Phi) is 7.97. The van der Waals surface area contributed by atoms with Gasteiger partial charge in [-0.25, -0.2) is 0 Å². The molecule has 0 atom stereocenters. The van der Waals surface area contributed by atoms with Crippen LogP contribution in [0.4, 0.5) is 5.69 Å². The second kappa shape index (κ2) is 9.98. The fourth-order valence-corrected chi connectivity index (χ4v) is 1.66. The Morgan fingerprint density at radius 1 is 0.917 bits per heavy atom. The van der Waals surface area contributed by atoms with E-state index in [1.165, 1.54) is 12.1 Å². The second-order valence-electron chi connectivity index (χ2n) is 4.79. The predicted molar refractivity (Wildman–Crippen MR) is 86.8 cm³/mol. The molecule has 0 fully saturated rings. The first-order chi connectivity index (χ1) is 11.5. The Bertz CT molecular complexity index is 598. The lowest BCUT2D eigenvalue weighted by Crippen LogP contribution is -2.41. The fraction of sp³-hybridized carbons (Fsp3) is 0.375. The van der Waals surface area contributed by atoms with Crippen molar-refractivity contribution in [2.45, 2.75) is 33.1 Å². The topological polar surface area (TPSA) is 114 Å². The standard InChI is InChI=1S/C16H21N3O5/c1-3-13(20)17-12-7-5-11(6-8-12)16(23)19-18-14(21)9-10-15(22)24-4-2/h5-8H,3-4,9-10H2,1-2H3,(H,17,20)(H,18,21)(H,19,23). The van der Waals surface area contributed by atoms with Crippen molar-refractivity contribution in [3.05, 3.63) is 29.8 Å². The van der Waals surface area contributed by atoms with Crippen molar-refractivity contribution in [2.24, 2.45) is 0 Å². The van der Waals surface area contributed by atoms with Gasteiger partial charge in [-0.2, -0.15) is 0 Å². The normalized spacial score (nSPS) is 9.75. The number of hydrogen-bond acceptors (Lipinski definition) is 5. The van der Waals surface area contributed by atoms with E-state index >= 15 is 0 Å². The molecule has 0 unspecified atom stereocenters. The van der Waals surface area contributed by atoms with Crippen LogP contribution in [-0.2, 0) is 19.1 Å². The molecule has 0 spiro atoms. The van der Waals surface area contributed by atoms with Gasteiger partial charge in [0, 0.05) is 24.1 Å². The van der Waals surface area contributed by atoms with E-state index in [2.05, 4.69) is 16.2 Å². The van der Waals surface area contributed by atoms with Crippen LogP contribution in [0.25, 0.3) is 0 Å². The molecular weight excluding hydrogens is 314 g/mol. The first-order valence-electron chi connectivity index (χ1n) is 7.61. The van der Waals surface area contributed by atoms with E-state index in [1.807, 2.05) is 0 Å². The van der Waals surface area contributed by atoms with Crippen molar-refractivity contribution in [3.8, 4) is 0 Å². The number of hydrazine groups is 1. The molecule has 3 amide bonds. The summed E-state index contributed by atoms with van der Waals surface area (Å²) in [6.45, 7) is 3.67. The van der Waals surface area contributed by atoms with Gasteiger partial charge in [0.05, 0.1) is 13.0 Å². The number of rotatable bonds is 7. The van der Waals surface area contributed by atoms with E-state index in [4.69, 9.17) is 4.74 Å². The van der Waals surface area contributed by atoms with Gasteiger partial charge in [-0.1, -0.05) is 6.92 Å². The van der Waals surface area contributed by atoms with Gasteiger partial charge in [0.15, 0.2) is 0 Å². The van der Waals surface area contributed by atoms with Crippen molar-refractivity contribution >= 4 is 29.4 Å². The zero-order valence-corrected chi connectivity index (χ0v) is 13.7. The molecule has 8 heteroatoms. The molecule has 0 saturated heterocycles. The summed E-state index contributed by atoms with van der Waals surface area (Å²) < 4.78 is 4.70. The number of hydrogen-bond donors (Lipinski definition) is 3. The second-order valence-corrected chi connectivity index (χ2v) is 4.79. The minimum atomic E-state index is -0.507. The summed E-state index contributed by atoms with van der Waals surface area (Å²) in [6.07, 6.45) is 0.225. The molecule has 3 N–H and O–H groups in total. The van der Waals surface area contributed by atoms with Crippen LogP contribution in [0.2, 0.25) is 0 Å². The Balaban J connectivity index is 2.40. The summed E-state index contributed by atoms with van der Waals surface area (Å²) in [7, 11) is 0. The van der Waals surface area contributed by atoms with Crippen LogP contribution in [0.3, 0.4) is 0 Å². The van der Waals surface area contributed by atoms with E-state index in [1.54, 1.807) is 26.0 Å². The first-order valence-corrected chi connectivity index (χ1v) is 7.61. The minimum absolute atomic E-state index is 0.0542. The number of esters is 1. The van der Waals surface area contributed by atoms with Crippen molar-refractivity contribution in [1.29, 1.82) is 0 Å². The SMILES string of the molecule is CCOC(=O)CCC(=O)NNC(=O)c1ccc(NC(=O)CC)cc1. The molecule has 0 heterocycles. The van der Waals surface area contributed by atoms with E-state index < -0.39 is 17.8 Å². The lowest BCUT2D eigenvalue weighted by molar-refractivity contribution is -0.144. The summed E-state index contributed by atoms with van der Waals surface area (Å²) in [6, 6.07) is 6.22. The molecule has 0 aliphatic carbocycles. The molecule has 24 heavy (non-hydrogen) atoms. The molecule has 0 saturated carbocycles. The Morgan fingerprint density at radius 3 is 2.17 bits per heavy atom. The molecule has 1 rings (SSSR count). The largest absolute Gasteiger partial charge is 0.466 e. The Morgan fingerprint density at radius 2 is 1.58 bits per heavy atom. The summed E-state index contributed by atoms with van der Waals surface area (Å²) in [5.74, 6) is -1.60. The van der Waals surface area contributed by atoms with Crippen molar-refractivity contribution in [1.82, 2.24) is 10.9 Å². The van der Waals surface area contributed by atoms with Crippen LogP contribution < -0.4 is 16.2 Å². The van der Waals surface area contributed by atoms with Gasteiger partial charge in [0.1, 0.15) is 0 Å². The highest BCUT2D eigenvalue weighted by molar-refractivity contribution is 5.96. The number of nitrogens with one attached hydrogen (secondary N) is 3. The third-order valence-corrected chi connectivity index (χ3v) is 2.93. The summed E-state index contributed by atoms with van der Waals surface area (Å²) in [4.78, 5) is 45.8. The molecule has 8 nitrogen and oxygen atoms in total. The van der Waals surface area contributed by atoms with E-state index in [0.717, 1.165) is 0 Å². The molecule has 130 valence electrons. The molecule has 1 aromatic rings. The third kappa shape index (κ3) is 6.91. The van der Waals surface area contributed by atoms with Gasteiger partial charge in [0.25, 0.3) is 5.91 Å². The third-order valence-electron chi connectivity index (χ3n) is 2.93. The number of carbonyl (C=O) groups is 4. The van der Waals surface area contributed by atoms with Crippen molar-refractivity contribution in [3.63, 3.8) is 0 Å². The highest BCUT2D eigenvalue weighted by atomic mass is 16.5. The monoisotopic (exact) mass is 335 g/mol. The number of amides is 3. The van der Waals surface area contributed by atoms with Gasteiger partial charge in [0.2, 0.25) is 11.8 Å². The van der Waals surface area contributed by atoms with Gasteiger partial charge < -0.3 is 10.1 Å². The van der Waals surface area contributed by atoms with E-state index in [9.17, 15) is 19.2 Å². The van der Waals surface area contributed by atoms with Crippen LogP contribution >= 0.6 is 0 Å². The number of anilines is 1. The molecular formula is C16H21N3O5. The minimum Gasteiger partial charge on any atom is -0.466 e. The molecule has 0 radical (unpaired) electrons. The number of carbonyl (C=O) groups excluding carboxylic acids is 4. The molecule has 0 bridgehead atoms. The summed E-state index contributed by atoms with van der Waals surface area (Å²) >= 11 is 0.